The molecule has 0 amide bonds. The monoisotopic (exact) mass is 368 g/mol. The molecule has 0 saturated heterocycles. The van der Waals surface area contributed by atoms with E-state index in [9.17, 15) is 10.2 Å². The number of methoxy groups -OCH3 is 1. The lowest BCUT2D eigenvalue weighted by Gasteiger charge is -2.43. The lowest BCUT2D eigenvalue weighted by molar-refractivity contribution is 0.0863. The molecule has 2 aliphatic rings. The van der Waals surface area contributed by atoms with E-state index in [0.29, 0.717) is 12.8 Å². The number of aliphatic hydroxyl groups excluding tert-OH is 2. The van der Waals surface area contributed by atoms with Crippen molar-refractivity contribution in [2.24, 2.45) is 11.3 Å². The molecule has 0 aromatic heterocycles. The highest BCUT2D eigenvalue weighted by Crippen LogP contribution is 2.47. The highest BCUT2D eigenvalue weighted by Gasteiger charge is 2.39. The topological polar surface area (TPSA) is 49.7 Å². The van der Waals surface area contributed by atoms with Gasteiger partial charge in [0.15, 0.2) is 0 Å². The van der Waals surface area contributed by atoms with Gasteiger partial charge in [-0.25, -0.2) is 0 Å². The first-order chi connectivity index (χ1) is 10.3. The Balaban J connectivity index is 2.27. The second kappa shape index (κ2) is 6.63. The average Bonchev–Trinajstić information content (AvgIpc) is 2.58. The second-order valence-corrected chi connectivity index (χ2v) is 7.69. The van der Waals surface area contributed by atoms with Crippen molar-refractivity contribution in [3.05, 3.63) is 45.9 Å². The van der Waals surface area contributed by atoms with Crippen LogP contribution in [0.4, 0.5) is 0 Å². The maximum absolute atomic E-state index is 10.4. The number of aliphatic hydroxyl groups is 2. The van der Waals surface area contributed by atoms with Gasteiger partial charge in [0.05, 0.1) is 17.7 Å². The number of halogens is 1. The van der Waals surface area contributed by atoms with Crippen molar-refractivity contribution in [1.29, 1.82) is 0 Å². The summed E-state index contributed by atoms with van der Waals surface area (Å²) in [4.78, 5) is 0. The molecule has 3 nitrogen and oxygen atoms in total. The lowest BCUT2D eigenvalue weighted by atomic mass is 9.63. The van der Waals surface area contributed by atoms with Crippen LogP contribution in [0.2, 0.25) is 0 Å². The maximum Gasteiger partial charge on any atom is 0.129 e. The van der Waals surface area contributed by atoms with Gasteiger partial charge >= 0.3 is 0 Å². The fourth-order valence-electron chi connectivity index (χ4n) is 3.34. The molecule has 2 unspecified atom stereocenters. The molecule has 2 rings (SSSR count). The van der Waals surface area contributed by atoms with Gasteiger partial charge in [-0.2, -0.15) is 0 Å². The van der Waals surface area contributed by atoms with Crippen molar-refractivity contribution in [2.75, 3.05) is 7.11 Å². The first-order valence-electron chi connectivity index (χ1n) is 7.65. The van der Waals surface area contributed by atoms with Crippen molar-refractivity contribution in [3.63, 3.8) is 0 Å². The molecule has 1 saturated carbocycles. The third-order valence-electron chi connectivity index (χ3n) is 4.95. The first-order valence-corrected chi connectivity index (χ1v) is 8.45. The van der Waals surface area contributed by atoms with E-state index in [1.54, 1.807) is 13.2 Å². The van der Waals surface area contributed by atoms with Crippen molar-refractivity contribution in [2.45, 2.75) is 45.6 Å². The first kappa shape index (κ1) is 17.4. The Labute approximate surface area is 141 Å². The van der Waals surface area contributed by atoms with Gasteiger partial charge in [0, 0.05) is 0 Å². The normalized spacial score (nSPS) is 28.9. The van der Waals surface area contributed by atoms with Gasteiger partial charge in [-0.3, -0.25) is 0 Å². The number of rotatable bonds is 3. The summed E-state index contributed by atoms with van der Waals surface area (Å²) in [5.41, 5.74) is 1.92. The predicted octanol–water partition coefficient (Wildman–Crippen LogP) is 4.75. The molecule has 0 spiro atoms. The van der Waals surface area contributed by atoms with E-state index >= 15 is 0 Å². The van der Waals surface area contributed by atoms with E-state index in [0.717, 1.165) is 34.2 Å². The van der Waals surface area contributed by atoms with Crippen LogP contribution in [-0.4, -0.2) is 23.4 Å². The minimum atomic E-state index is -0.432. The van der Waals surface area contributed by atoms with Crippen molar-refractivity contribution in [1.82, 2.24) is 0 Å². The molecule has 0 radical (unpaired) electrons. The molecule has 122 valence electrons. The Morgan fingerprint density at radius 3 is 2.77 bits per heavy atom. The Morgan fingerprint density at radius 1 is 1.45 bits per heavy atom. The predicted molar refractivity (Wildman–Crippen MR) is 92.6 cm³/mol. The Hall–Kier alpha value is -1.00. The van der Waals surface area contributed by atoms with Crippen LogP contribution in [0.1, 0.15) is 39.5 Å². The molecule has 1 fully saturated rings. The van der Waals surface area contributed by atoms with Gasteiger partial charge < -0.3 is 14.9 Å². The standard InChI is InChI=1S/C18H25BrO3/c1-11-13(18(2,3)8-7-15(11)20)9-12-5-6-17(22-4)14(19)10-16(12)21/h6,10,13,15,20-21H,1,5,7-9H2,2-4H3. The summed E-state index contributed by atoms with van der Waals surface area (Å²) in [5.74, 6) is 1.17. The summed E-state index contributed by atoms with van der Waals surface area (Å²) < 4.78 is 6.04. The molecule has 0 aromatic rings. The second-order valence-electron chi connectivity index (χ2n) is 6.83. The minimum Gasteiger partial charge on any atom is -0.508 e. The molecular weight excluding hydrogens is 344 g/mol. The van der Waals surface area contributed by atoms with E-state index in [2.05, 4.69) is 36.4 Å². The van der Waals surface area contributed by atoms with Crippen LogP contribution in [0.15, 0.2) is 45.9 Å². The van der Waals surface area contributed by atoms with Crippen LogP contribution >= 0.6 is 15.9 Å². The third-order valence-corrected chi connectivity index (χ3v) is 5.57. The SMILES string of the molecule is C=C1C(O)CCC(C)(C)C1CC1=C(O)C=C(Br)C(OC)=CC1. The maximum atomic E-state index is 10.4. The van der Waals surface area contributed by atoms with Gasteiger partial charge in [-0.05, 0) is 76.2 Å². The summed E-state index contributed by atoms with van der Waals surface area (Å²) >= 11 is 3.42. The van der Waals surface area contributed by atoms with E-state index in [-0.39, 0.29) is 17.1 Å². The van der Waals surface area contributed by atoms with Crippen molar-refractivity contribution < 1.29 is 14.9 Å². The molecule has 22 heavy (non-hydrogen) atoms. The zero-order valence-electron chi connectivity index (χ0n) is 13.5. The molecule has 0 bridgehead atoms. The van der Waals surface area contributed by atoms with E-state index in [1.807, 2.05) is 6.08 Å². The zero-order valence-corrected chi connectivity index (χ0v) is 15.1. The van der Waals surface area contributed by atoms with E-state index < -0.39 is 6.10 Å². The Morgan fingerprint density at radius 2 is 2.14 bits per heavy atom. The number of allylic oxidation sites excluding steroid dienone is 4. The van der Waals surface area contributed by atoms with Crippen LogP contribution in [0, 0.1) is 11.3 Å². The number of hydrogen-bond donors (Lipinski definition) is 2. The molecule has 2 aliphatic carbocycles. The largest absolute Gasteiger partial charge is 0.508 e. The summed E-state index contributed by atoms with van der Waals surface area (Å²) in [6, 6.07) is 0. The van der Waals surface area contributed by atoms with Gasteiger partial charge in [-0.1, -0.05) is 20.4 Å². The van der Waals surface area contributed by atoms with Crippen LogP contribution in [-0.2, 0) is 4.74 Å². The third kappa shape index (κ3) is 3.49. The van der Waals surface area contributed by atoms with Crippen LogP contribution in [0.3, 0.4) is 0 Å². The molecule has 2 N–H and O–H groups in total. The van der Waals surface area contributed by atoms with Crippen LogP contribution < -0.4 is 0 Å². The van der Waals surface area contributed by atoms with Crippen LogP contribution in [0.25, 0.3) is 0 Å². The highest BCUT2D eigenvalue weighted by molar-refractivity contribution is 9.12. The molecular formula is C18H25BrO3. The van der Waals surface area contributed by atoms with Crippen molar-refractivity contribution >= 4 is 15.9 Å². The smallest absolute Gasteiger partial charge is 0.129 e. The molecule has 2 atom stereocenters. The van der Waals surface area contributed by atoms with E-state index in [1.165, 1.54) is 0 Å². The average molecular weight is 369 g/mol. The van der Waals surface area contributed by atoms with Crippen molar-refractivity contribution in [3.8, 4) is 0 Å². The highest BCUT2D eigenvalue weighted by atomic mass is 79.9. The van der Waals surface area contributed by atoms with Crippen LogP contribution in [0.5, 0.6) is 0 Å². The zero-order chi connectivity index (χ0) is 16.5. The Kier molecular flexibility index (Phi) is 5.23. The molecule has 4 heteroatoms. The Bertz CT molecular complexity index is 555. The van der Waals surface area contributed by atoms with Gasteiger partial charge in [0.1, 0.15) is 11.5 Å². The fraction of sp³-hybridized carbons (Fsp3) is 0.556. The van der Waals surface area contributed by atoms with E-state index in [4.69, 9.17) is 4.74 Å². The molecule has 0 heterocycles. The molecule has 0 aromatic carbocycles. The van der Waals surface area contributed by atoms with Gasteiger partial charge in [0.2, 0.25) is 0 Å². The summed E-state index contributed by atoms with van der Waals surface area (Å²) in [6.07, 6.45) is 6.30. The lowest BCUT2D eigenvalue weighted by Crippen LogP contribution is -2.36. The quantitative estimate of drug-likeness (QED) is 0.706. The summed E-state index contributed by atoms with van der Waals surface area (Å²) in [6.45, 7) is 8.54. The fourth-order valence-corrected chi connectivity index (χ4v) is 3.88. The number of hydrogen-bond acceptors (Lipinski definition) is 3. The summed E-state index contributed by atoms with van der Waals surface area (Å²) in [7, 11) is 1.62. The minimum absolute atomic E-state index is 0.0741. The summed E-state index contributed by atoms with van der Waals surface area (Å²) in [5, 5.41) is 20.5. The number of ether oxygens (including phenoxy) is 1. The molecule has 0 aliphatic heterocycles. The van der Waals surface area contributed by atoms with Gasteiger partial charge in [0.25, 0.3) is 0 Å². The van der Waals surface area contributed by atoms with Gasteiger partial charge in [-0.15, -0.1) is 0 Å².